The van der Waals surface area contributed by atoms with Crippen molar-refractivity contribution >= 4 is 5.71 Å². The summed E-state index contributed by atoms with van der Waals surface area (Å²) < 4.78 is 0. The molecule has 0 saturated carbocycles. The number of allylic oxidation sites excluding steroid dienone is 6. The molecule has 0 saturated heterocycles. The van der Waals surface area contributed by atoms with Crippen LogP contribution in [0.3, 0.4) is 0 Å². The predicted octanol–water partition coefficient (Wildman–Crippen LogP) is 3.67. The normalized spacial score (nSPS) is 19.1. The molecular weight excluding hydrogens is 170 g/mol. The lowest BCUT2D eigenvalue weighted by molar-refractivity contribution is 0.501. The van der Waals surface area contributed by atoms with Crippen LogP contribution in [0.1, 0.15) is 20.8 Å². The third-order valence-electron chi connectivity index (χ3n) is 2.11. The summed E-state index contributed by atoms with van der Waals surface area (Å²) in [6.07, 6.45) is 7.83. The van der Waals surface area contributed by atoms with Crippen molar-refractivity contribution in [2.75, 3.05) is 0 Å². The van der Waals surface area contributed by atoms with Crippen molar-refractivity contribution in [1.29, 1.82) is 0 Å². The minimum atomic E-state index is 0.0162. The van der Waals surface area contributed by atoms with Crippen LogP contribution in [0, 0.1) is 5.41 Å². The van der Waals surface area contributed by atoms with Gasteiger partial charge in [-0.3, -0.25) is 4.99 Å². The average Bonchev–Trinajstić information content (AvgIpc) is 2.07. The van der Waals surface area contributed by atoms with Crippen LogP contribution in [0.25, 0.3) is 0 Å². The highest BCUT2D eigenvalue weighted by Crippen LogP contribution is 2.25. The Morgan fingerprint density at radius 1 is 1.21 bits per heavy atom. The number of hydrogen-bond donors (Lipinski definition) is 0. The first-order valence-electron chi connectivity index (χ1n) is 4.73. The van der Waals surface area contributed by atoms with E-state index in [1.807, 2.05) is 24.3 Å². The molecule has 1 nitrogen and oxygen atoms in total. The van der Waals surface area contributed by atoms with Crippen LogP contribution in [0.4, 0.5) is 0 Å². The van der Waals surface area contributed by atoms with Crippen LogP contribution in [-0.2, 0) is 0 Å². The fourth-order valence-corrected chi connectivity index (χ4v) is 0.933. The second-order valence-corrected chi connectivity index (χ2v) is 4.44. The molecule has 0 aromatic carbocycles. The lowest BCUT2D eigenvalue weighted by atomic mass is 9.93. The van der Waals surface area contributed by atoms with Crippen LogP contribution in [-0.4, -0.2) is 5.71 Å². The molecule has 0 bridgehead atoms. The summed E-state index contributed by atoms with van der Waals surface area (Å²) in [6, 6.07) is 0. The first-order valence-corrected chi connectivity index (χ1v) is 4.73. The summed E-state index contributed by atoms with van der Waals surface area (Å²) in [7, 11) is 0. The summed E-state index contributed by atoms with van der Waals surface area (Å²) >= 11 is 0. The summed E-state index contributed by atoms with van der Waals surface area (Å²) in [4.78, 5) is 4.47. The van der Waals surface area contributed by atoms with Crippen LogP contribution in [0.15, 0.2) is 53.7 Å². The molecule has 14 heavy (non-hydrogen) atoms. The van der Waals surface area contributed by atoms with Gasteiger partial charge in [-0.2, -0.15) is 0 Å². The van der Waals surface area contributed by atoms with Crippen LogP contribution in [0.2, 0.25) is 0 Å². The van der Waals surface area contributed by atoms with Gasteiger partial charge in [0.2, 0.25) is 0 Å². The third-order valence-corrected chi connectivity index (χ3v) is 2.11. The summed E-state index contributed by atoms with van der Waals surface area (Å²) in [6.45, 7) is 14.2. The number of nitrogens with zero attached hydrogens (tertiary/aromatic N) is 1. The van der Waals surface area contributed by atoms with Crippen LogP contribution >= 0.6 is 0 Å². The highest BCUT2D eigenvalue weighted by molar-refractivity contribution is 6.11. The first-order chi connectivity index (χ1) is 6.41. The minimum Gasteiger partial charge on any atom is -0.253 e. The van der Waals surface area contributed by atoms with E-state index in [-0.39, 0.29) is 5.41 Å². The van der Waals surface area contributed by atoms with Crippen molar-refractivity contribution in [1.82, 2.24) is 0 Å². The molecule has 1 aliphatic rings. The monoisotopic (exact) mass is 187 g/mol. The van der Waals surface area contributed by atoms with Crippen LogP contribution < -0.4 is 0 Å². The largest absolute Gasteiger partial charge is 0.253 e. The molecule has 0 fully saturated rings. The highest BCUT2D eigenvalue weighted by atomic mass is 14.8. The molecular formula is C13H17N. The standard InChI is InChI=1S/C13H17N/c1-10-8-6-7-9-12(10)14-11(2)13(3,4)5/h6-9H,1-2H2,3-5H3. The molecule has 1 heteroatoms. The Morgan fingerprint density at radius 3 is 2.29 bits per heavy atom. The first kappa shape index (κ1) is 10.7. The minimum absolute atomic E-state index is 0.0162. The van der Waals surface area contributed by atoms with Gasteiger partial charge in [-0.1, -0.05) is 52.2 Å². The molecule has 0 spiro atoms. The van der Waals surface area contributed by atoms with E-state index < -0.39 is 0 Å². The molecule has 0 aromatic rings. The van der Waals surface area contributed by atoms with E-state index in [1.54, 1.807) is 0 Å². The molecule has 0 amide bonds. The van der Waals surface area contributed by atoms with E-state index >= 15 is 0 Å². The zero-order valence-electron chi connectivity index (χ0n) is 9.17. The quantitative estimate of drug-likeness (QED) is 0.594. The Bertz CT molecular complexity index is 346. The molecule has 0 unspecified atom stereocenters. The zero-order chi connectivity index (χ0) is 10.8. The Hall–Kier alpha value is -1.37. The molecule has 0 heterocycles. The highest BCUT2D eigenvalue weighted by Gasteiger charge is 2.15. The van der Waals surface area contributed by atoms with Gasteiger partial charge < -0.3 is 0 Å². The SMILES string of the molecule is C=C1C=CC=CC1=NC(=C)C(C)(C)C. The van der Waals surface area contributed by atoms with Crippen molar-refractivity contribution < 1.29 is 0 Å². The maximum absolute atomic E-state index is 4.47. The molecule has 0 radical (unpaired) electrons. The number of aliphatic imine (C=N–C) groups is 1. The van der Waals surface area contributed by atoms with E-state index in [2.05, 4.69) is 38.9 Å². The van der Waals surface area contributed by atoms with Gasteiger partial charge >= 0.3 is 0 Å². The zero-order valence-corrected chi connectivity index (χ0v) is 9.17. The maximum atomic E-state index is 4.47. The van der Waals surface area contributed by atoms with E-state index in [1.165, 1.54) is 0 Å². The van der Waals surface area contributed by atoms with E-state index in [0.29, 0.717) is 0 Å². The predicted molar refractivity (Wildman–Crippen MR) is 63.5 cm³/mol. The number of rotatable bonds is 1. The Kier molecular flexibility index (Phi) is 2.90. The third kappa shape index (κ3) is 2.56. The lowest BCUT2D eigenvalue weighted by Crippen LogP contribution is -2.09. The fourth-order valence-electron chi connectivity index (χ4n) is 0.933. The van der Waals surface area contributed by atoms with E-state index in [9.17, 15) is 0 Å². The van der Waals surface area contributed by atoms with Crippen molar-refractivity contribution in [3.63, 3.8) is 0 Å². The Morgan fingerprint density at radius 2 is 1.79 bits per heavy atom. The van der Waals surface area contributed by atoms with Gasteiger partial charge in [0.05, 0.1) is 5.71 Å². The van der Waals surface area contributed by atoms with Crippen molar-refractivity contribution in [3.05, 3.63) is 48.7 Å². The molecule has 0 N–H and O–H groups in total. The van der Waals surface area contributed by atoms with Gasteiger partial charge in [-0.15, -0.1) is 0 Å². The van der Waals surface area contributed by atoms with Crippen molar-refractivity contribution in [3.8, 4) is 0 Å². The second kappa shape index (κ2) is 3.79. The second-order valence-electron chi connectivity index (χ2n) is 4.44. The van der Waals surface area contributed by atoms with Crippen LogP contribution in [0.5, 0.6) is 0 Å². The summed E-state index contributed by atoms with van der Waals surface area (Å²) in [5.74, 6) is 0. The van der Waals surface area contributed by atoms with Gasteiger partial charge in [0.1, 0.15) is 0 Å². The maximum Gasteiger partial charge on any atom is 0.0699 e. The Balaban J connectivity index is 2.90. The Labute approximate surface area is 86.2 Å². The average molecular weight is 187 g/mol. The smallest absolute Gasteiger partial charge is 0.0699 e. The molecule has 74 valence electrons. The summed E-state index contributed by atoms with van der Waals surface area (Å²) in [5.41, 5.74) is 2.75. The van der Waals surface area contributed by atoms with Gasteiger partial charge in [0.15, 0.2) is 0 Å². The molecule has 0 aliphatic heterocycles. The number of hydrogen-bond acceptors (Lipinski definition) is 1. The fraction of sp³-hybridized carbons (Fsp3) is 0.308. The molecule has 0 aromatic heterocycles. The molecule has 1 rings (SSSR count). The van der Waals surface area contributed by atoms with E-state index in [4.69, 9.17) is 0 Å². The summed E-state index contributed by atoms with van der Waals surface area (Å²) in [5, 5.41) is 0. The van der Waals surface area contributed by atoms with E-state index in [0.717, 1.165) is 17.0 Å². The van der Waals surface area contributed by atoms with Crippen molar-refractivity contribution in [2.24, 2.45) is 10.4 Å². The van der Waals surface area contributed by atoms with Crippen molar-refractivity contribution in [2.45, 2.75) is 20.8 Å². The topological polar surface area (TPSA) is 12.4 Å². The molecule has 1 aliphatic carbocycles. The lowest BCUT2D eigenvalue weighted by Gasteiger charge is -2.19. The van der Waals surface area contributed by atoms with Gasteiger partial charge in [-0.05, 0) is 11.6 Å². The molecule has 0 atom stereocenters. The van der Waals surface area contributed by atoms with Gasteiger partial charge in [0.25, 0.3) is 0 Å². The van der Waals surface area contributed by atoms with Gasteiger partial charge in [-0.25, -0.2) is 0 Å². The van der Waals surface area contributed by atoms with Gasteiger partial charge in [0, 0.05) is 11.1 Å².